The van der Waals surface area contributed by atoms with Gasteiger partial charge in [0, 0.05) is 17.1 Å². The predicted octanol–water partition coefficient (Wildman–Crippen LogP) is 4.63. The minimum absolute atomic E-state index is 0.0913. The van der Waals surface area contributed by atoms with E-state index in [0.717, 1.165) is 15.8 Å². The van der Waals surface area contributed by atoms with Gasteiger partial charge in [-0.1, -0.05) is 28.1 Å². The number of hydrogen-bond acceptors (Lipinski definition) is 2. The summed E-state index contributed by atoms with van der Waals surface area (Å²) in [5.41, 5.74) is 1.62. The number of benzene rings is 2. The summed E-state index contributed by atoms with van der Waals surface area (Å²) in [5.74, 6) is 0.682. The molecule has 0 aliphatic rings. The van der Waals surface area contributed by atoms with Crippen LogP contribution in [0.5, 0.6) is 5.75 Å². The van der Waals surface area contributed by atoms with Crippen molar-refractivity contribution in [2.24, 2.45) is 0 Å². The van der Waals surface area contributed by atoms with Crippen molar-refractivity contribution < 1.29 is 9.13 Å². The van der Waals surface area contributed by atoms with E-state index in [9.17, 15) is 4.39 Å². The predicted molar refractivity (Wildman–Crippen MR) is 87.2 cm³/mol. The Bertz CT molecular complexity index is 586. The summed E-state index contributed by atoms with van der Waals surface area (Å²) in [6.45, 7) is 5.06. The van der Waals surface area contributed by atoms with Gasteiger partial charge in [-0.25, -0.2) is 4.39 Å². The zero-order valence-corrected chi connectivity index (χ0v) is 13.8. The summed E-state index contributed by atoms with van der Waals surface area (Å²) < 4.78 is 20.2. The van der Waals surface area contributed by atoms with E-state index in [1.807, 2.05) is 37.3 Å². The second kappa shape index (κ2) is 7.57. The van der Waals surface area contributed by atoms with Crippen LogP contribution in [-0.2, 0) is 0 Å². The van der Waals surface area contributed by atoms with Crippen LogP contribution in [-0.4, -0.2) is 13.2 Å². The molecule has 4 heteroatoms. The fourth-order valence-corrected chi connectivity index (χ4v) is 2.24. The Morgan fingerprint density at radius 1 is 1.19 bits per heavy atom. The van der Waals surface area contributed by atoms with Crippen LogP contribution >= 0.6 is 15.9 Å². The van der Waals surface area contributed by atoms with E-state index in [4.69, 9.17) is 4.74 Å². The lowest BCUT2D eigenvalue weighted by Crippen LogP contribution is -2.24. The molecule has 0 aliphatic heterocycles. The molecule has 0 spiro atoms. The Morgan fingerprint density at radius 2 is 1.90 bits per heavy atom. The maximum Gasteiger partial charge on any atom is 0.126 e. The van der Waals surface area contributed by atoms with Gasteiger partial charge in [0.15, 0.2) is 0 Å². The van der Waals surface area contributed by atoms with Gasteiger partial charge in [0.2, 0.25) is 0 Å². The molecule has 1 unspecified atom stereocenters. The van der Waals surface area contributed by atoms with Crippen molar-refractivity contribution in [2.75, 3.05) is 13.2 Å². The molecular formula is C17H19BrFNO. The topological polar surface area (TPSA) is 21.3 Å². The Hall–Kier alpha value is -1.39. The van der Waals surface area contributed by atoms with E-state index < -0.39 is 0 Å². The molecule has 2 aromatic carbocycles. The monoisotopic (exact) mass is 351 g/mol. The molecule has 0 aliphatic carbocycles. The molecule has 0 radical (unpaired) electrons. The molecular weight excluding hydrogens is 333 g/mol. The van der Waals surface area contributed by atoms with Gasteiger partial charge in [-0.2, -0.15) is 0 Å². The zero-order valence-electron chi connectivity index (χ0n) is 12.2. The smallest absolute Gasteiger partial charge is 0.126 e. The maximum atomic E-state index is 13.5. The Labute approximate surface area is 133 Å². The van der Waals surface area contributed by atoms with Crippen LogP contribution in [0.1, 0.15) is 24.1 Å². The number of ether oxygens (including phenoxy) is 1. The van der Waals surface area contributed by atoms with Gasteiger partial charge >= 0.3 is 0 Å². The molecule has 1 N–H and O–H groups in total. The van der Waals surface area contributed by atoms with Gasteiger partial charge in [-0.05, 0) is 55.3 Å². The van der Waals surface area contributed by atoms with Crippen LogP contribution < -0.4 is 10.1 Å². The average molecular weight is 352 g/mol. The minimum atomic E-state index is -0.160. The molecule has 0 amide bonds. The third kappa shape index (κ3) is 4.83. The lowest BCUT2D eigenvalue weighted by molar-refractivity contribution is 0.307. The number of hydrogen-bond donors (Lipinski definition) is 1. The van der Waals surface area contributed by atoms with E-state index in [1.165, 1.54) is 0 Å². The van der Waals surface area contributed by atoms with Crippen molar-refractivity contribution in [1.82, 2.24) is 5.32 Å². The van der Waals surface area contributed by atoms with E-state index in [2.05, 4.69) is 21.2 Å². The van der Waals surface area contributed by atoms with Crippen LogP contribution in [0.2, 0.25) is 0 Å². The zero-order chi connectivity index (χ0) is 15.2. The Morgan fingerprint density at radius 3 is 2.57 bits per heavy atom. The normalized spacial score (nSPS) is 12.2. The SMILES string of the molecule is Cc1ccc(C(C)NCCOc2ccc(Br)cc2)cc1F. The molecule has 0 aromatic heterocycles. The number of nitrogens with one attached hydrogen (secondary N) is 1. The van der Waals surface area contributed by atoms with Gasteiger partial charge < -0.3 is 10.1 Å². The third-order valence-electron chi connectivity index (χ3n) is 3.33. The van der Waals surface area contributed by atoms with Crippen molar-refractivity contribution >= 4 is 15.9 Å². The van der Waals surface area contributed by atoms with Gasteiger partial charge in [0.1, 0.15) is 18.2 Å². The van der Waals surface area contributed by atoms with Crippen molar-refractivity contribution in [3.63, 3.8) is 0 Å². The van der Waals surface area contributed by atoms with Crippen LogP contribution in [0, 0.1) is 12.7 Å². The van der Waals surface area contributed by atoms with Crippen LogP contribution in [0.15, 0.2) is 46.9 Å². The van der Waals surface area contributed by atoms with Crippen LogP contribution in [0.3, 0.4) is 0 Å². The maximum absolute atomic E-state index is 13.5. The summed E-state index contributed by atoms with van der Waals surface area (Å²) in [5, 5.41) is 3.33. The largest absolute Gasteiger partial charge is 0.492 e. The number of aryl methyl sites for hydroxylation is 1. The number of rotatable bonds is 6. The van der Waals surface area contributed by atoms with Crippen LogP contribution in [0.4, 0.5) is 4.39 Å². The van der Waals surface area contributed by atoms with Crippen molar-refractivity contribution in [2.45, 2.75) is 19.9 Å². The summed E-state index contributed by atoms with van der Waals surface area (Å²) >= 11 is 3.38. The van der Waals surface area contributed by atoms with Gasteiger partial charge in [0.25, 0.3) is 0 Å². The highest BCUT2D eigenvalue weighted by Gasteiger charge is 2.07. The van der Waals surface area contributed by atoms with E-state index in [-0.39, 0.29) is 11.9 Å². The van der Waals surface area contributed by atoms with Crippen molar-refractivity contribution in [3.05, 3.63) is 63.9 Å². The Balaban J connectivity index is 1.77. The third-order valence-corrected chi connectivity index (χ3v) is 3.86. The molecule has 1 atom stereocenters. The quantitative estimate of drug-likeness (QED) is 0.766. The second-order valence-electron chi connectivity index (χ2n) is 4.99. The summed E-state index contributed by atoms with van der Waals surface area (Å²) in [6, 6.07) is 13.2. The molecule has 0 saturated heterocycles. The molecule has 21 heavy (non-hydrogen) atoms. The van der Waals surface area contributed by atoms with Gasteiger partial charge in [0.05, 0.1) is 0 Å². The highest BCUT2D eigenvalue weighted by Crippen LogP contribution is 2.17. The molecule has 2 nitrogen and oxygen atoms in total. The molecule has 2 rings (SSSR count). The molecule has 0 saturated carbocycles. The van der Waals surface area contributed by atoms with Crippen molar-refractivity contribution in [3.8, 4) is 5.75 Å². The highest BCUT2D eigenvalue weighted by atomic mass is 79.9. The molecule has 0 fully saturated rings. The van der Waals surface area contributed by atoms with Gasteiger partial charge in [-0.3, -0.25) is 0 Å². The summed E-state index contributed by atoms with van der Waals surface area (Å²) in [6.07, 6.45) is 0. The summed E-state index contributed by atoms with van der Waals surface area (Å²) in [7, 11) is 0. The Kier molecular flexibility index (Phi) is 5.76. The second-order valence-corrected chi connectivity index (χ2v) is 5.90. The molecule has 0 heterocycles. The molecule has 2 aromatic rings. The van der Waals surface area contributed by atoms with Gasteiger partial charge in [-0.15, -0.1) is 0 Å². The highest BCUT2D eigenvalue weighted by molar-refractivity contribution is 9.10. The standard InChI is InChI=1S/C17H19BrFNO/c1-12-3-4-14(11-17(12)19)13(2)20-9-10-21-16-7-5-15(18)6-8-16/h3-8,11,13,20H,9-10H2,1-2H3. The fraction of sp³-hybridized carbons (Fsp3) is 0.294. The first-order valence-electron chi connectivity index (χ1n) is 6.94. The first kappa shape index (κ1) is 16.0. The number of halogens is 2. The first-order valence-corrected chi connectivity index (χ1v) is 7.73. The summed E-state index contributed by atoms with van der Waals surface area (Å²) in [4.78, 5) is 0. The van der Waals surface area contributed by atoms with E-state index in [1.54, 1.807) is 19.1 Å². The average Bonchev–Trinajstić information content (AvgIpc) is 2.48. The first-order chi connectivity index (χ1) is 10.1. The fourth-order valence-electron chi connectivity index (χ4n) is 1.97. The lowest BCUT2D eigenvalue weighted by atomic mass is 10.1. The van der Waals surface area contributed by atoms with E-state index >= 15 is 0 Å². The molecule has 0 bridgehead atoms. The van der Waals surface area contributed by atoms with Crippen molar-refractivity contribution in [1.29, 1.82) is 0 Å². The lowest BCUT2D eigenvalue weighted by Gasteiger charge is -2.15. The minimum Gasteiger partial charge on any atom is -0.492 e. The van der Waals surface area contributed by atoms with Crippen LogP contribution in [0.25, 0.3) is 0 Å². The van der Waals surface area contributed by atoms with E-state index in [0.29, 0.717) is 18.7 Å². The molecule has 112 valence electrons.